The minimum absolute atomic E-state index is 0.0325. The summed E-state index contributed by atoms with van der Waals surface area (Å²) in [5, 5.41) is 12.3. The Kier molecular flexibility index (Phi) is 7.60. The van der Waals surface area contributed by atoms with Crippen LogP contribution in [0.25, 0.3) is 6.08 Å². The summed E-state index contributed by atoms with van der Waals surface area (Å²) in [4.78, 5) is 12.6. The highest BCUT2D eigenvalue weighted by Crippen LogP contribution is 2.30. The first kappa shape index (κ1) is 22.6. The molecule has 3 rings (SSSR count). The first-order valence-corrected chi connectivity index (χ1v) is 10.0. The number of rotatable bonds is 8. The van der Waals surface area contributed by atoms with E-state index in [1.807, 2.05) is 43.3 Å². The molecule has 0 aromatic heterocycles. The smallest absolute Gasteiger partial charge is 0.262 e. The number of halogens is 1. The molecule has 0 aliphatic rings. The molecule has 3 aromatic carbocycles. The molecule has 3 aromatic rings. The number of nitrogens with one attached hydrogen (secondary N) is 1. The van der Waals surface area contributed by atoms with Crippen molar-refractivity contribution >= 4 is 12.0 Å². The lowest BCUT2D eigenvalue weighted by molar-refractivity contribution is -0.117. The lowest BCUT2D eigenvalue weighted by atomic mass is 10.1. The number of benzene rings is 3. The van der Waals surface area contributed by atoms with Crippen LogP contribution in [0.4, 0.5) is 4.39 Å². The van der Waals surface area contributed by atoms with Crippen LogP contribution in [0.3, 0.4) is 0 Å². The van der Waals surface area contributed by atoms with Crippen LogP contribution in [0.2, 0.25) is 0 Å². The summed E-state index contributed by atoms with van der Waals surface area (Å²) in [6, 6.07) is 22.6. The van der Waals surface area contributed by atoms with Gasteiger partial charge in [0.25, 0.3) is 5.91 Å². The molecule has 5 nitrogen and oxygen atoms in total. The molecule has 0 aliphatic carbocycles. The number of nitriles is 1. The zero-order chi connectivity index (χ0) is 22.9. The van der Waals surface area contributed by atoms with Gasteiger partial charge in [0, 0.05) is 5.56 Å². The van der Waals surface area contributed by atoms with Crippen LogP contribution in [0.15, 0.2) is 78.4 Å². The predicted octanol–water partition coefficient (Wildman–Crippen LogP) is 5.20. The minimum atomic E-state index is -0.470. The normalized spacial score (nSPS) is 11.9. The fraction of sp³-hybridized carbons (Fsp3) is 0.154. The van der Waals surface area contributed by atoms with E-state index in [2.05, 4.69) is 5.32 Å². The maximum absolute atomic E-state index is 13.8. The molecule has 0 bridgehead atoms. The van der Waals surface area contributed by atoms with E-state index >= 15 is 0 Å². The Hall–Kier alpha value is -4.11. The van der Waals surface area contributed by atoms with Crippen LogP contribution in [-0.2, 0) is 11.4 Å². The van der Waals surface area contributed by atoms with Crippen molar-refractivity contribution in [1.82, 2.24) is 5.32 Å². The van der Waals surface area contributed by atoms with E-state index in [1.54, 1.807) is 36.4 Å². The van der Waals surface area contributed by atoms with Gasteiger partial charge in [-0.05, 0) is 42.3 Å². The Bertz CT molecular complexity index is 1150. The molecule has 1 amide bonds. The van der Waals surface area contributed by atoms with Crippen molar-refractivity contribution in [2.24, 2.45) is 0 Å². The van der Waals surface area contributed by atoms with E-state index in [1.165, 1.54) is 19.3 Å². The molecule has 0 unspecified atom stereocenters. The van der Waals surface area contributed by atoms with Crippen LogP contribution in [-0.4, -0.2) is 13.0 Å². The van der Waals surface area contributed by atoms with Crippen molar-refractivity contribution in [1.29, 1.82) is 5.26 Å². The van der Waals surface area contributed by atoms with E-state index < -0.39 is 5.91 Å². The Labute approximate surface area is 186 Å². The fourth-order valence-corrected chi connectivity index (χ4v) is 3.08. The third-order valence-corrected chi connectivity index (χ3v) is 4.85. The zero-order valence-corrected chi connectivity index (χ0v) is 17.8. The van der Waals surface area contributed by atoms with Gasteiger partial charge in [0.1, 0.15) is 24.1 Å². The number of methoxy groups -OCH3 is 1. The predicted molar refractivity (Wildman–Crippen MR) is 120 cm³/mol. The summed E-state index contributed by atoms with van der Waals surface area (Å²) in [6.45, 7) is 1.90. The van der Waals surface area contributed by atoms with E-state index in [0.29, 0.717) is 22.6 Å². The van der Waals surface area contributed by atoms with E-state index in [0.717, 1.165) is 5.56 Å². The largest absolute Gasteiger partial charge is 0.493 e. The molecule has 0 heterocycles. The second-order valence-corrected chi connectivity index (χ2v) is 7.07. The molecule has 6 heteroatoms. The first-order chi connectivity index (χ1) is 15.5. The van der Waals surface area contributed by atoms with Gasteiger partial charge in [-0.1, -0.05) is 54.6 Å². The summed E-state index contributed by atoms with van der Waals surface area (Å²) < 4.78 is 24.9. The Morgan fingerprint density at radius 1 is 1.09 bits per heavy atom. The third kappa shape index (κ3) is 5.73. The number of hydrogen-bond donors (Lipinski definition) is 1. The average molecular weight is 430 g/mol. The van der Waals surface area contributed by atoms with Crippen molar-refractivity contribution in [3.63, 3.8) is 0 Å². The zero-order valence-electron chi connectivity index (χ0n) is 17.8. The van der Waals surface area contributed by atoms with Gasteiger partial charge >= 0.3 is 0 Å². The minimum Gasteiger partial charge on any atom is -0.493 e. The monoisotopic (exact) mass is 430 g/mol. The highest BCUT2D eigenvalue weighted by atomic mass is 19.1. The Balaban J connectivity index is 1.73. The second-order valence-electron chi connectivity index (χ2n) is 7.07. The number of amides is 1. The van der Waals surface area contributed by atoms with Gasteiger partial charge in [-0.2, -0.15) is 5.26 Å². The van der Waals surface area contributed by atoms with Crippen molar-refractivity contribution in [3.05, 3.63) is 101 Å². The summed E-state index contributed by atoms with van der Waals surface area (Å²) in [7, 11) is 1.48. The lowest BCUT2D eigenvalue weighted by Gasteiger charge is -2.14. The van der Waals surface area contributed by atoms with Crippen LogP contribution in [0, 0.1) is 17.1 Å². The lowest BCUT2D eigenvalue weighted by Crippen LogP contribution is -2.27. The Morgan fingerprint density at radius 2 is 1.81 bits per heavy atom. The number of carbonyl (C=O) groups excluding carboxylic acids is 1. The van der Waals surface area contributed by atoms with Crippen LogP contribution < -0.4 is 14.8 Å². The maximum atomic E-state index is 13.8. The molecule has 0 aliphatic heterocycles. The molecule has 32 heavy (non-hydrogen) atoms. The van der Waals surface area contributed by atoms with Gasteiger partial charge in [-0.25, -0.2) is 4.39 Å². The summed E-state index contributed by atoms with van der Waals surface area (Å²) in [5.74, 6) is 0.0159. The van der Waals surface area contributed by atoms with Crippen LogP contribution in [0.5, 0.6) is 11.5 Å². The standard InChI is InChI=1S/C26H23FN2O3/c1-18(20-8-4-3-5-9-20)29-26(30)22(16-28)14-19-12-13-24(25(15-19)31-2)32-17-21-10-6-7-11-23(21)27/h3-15,18H,17H2,1-2H3,(H,29,30)/b22-14-/t18-/m1/s1. The number of ether oxygens (including phenoxy) is 2. The molecule has 1 atom stereocenters. The SMILES string of the molecule is COc1cc(/C=C(/C#N)C(=O)N[C@H](C)c2ccccc2)ccc1OCc1ccccc1F. The molecular formula is C26H23FN2O3. The van der Waals surface area contributed by atoms with E-state index in [4.69, 9.17) is 9.47 Å². The summed E-state index contributed by atoms with van der Waals surface area (Å²) >= 11 is 0. The topological polar surface area (TPSA) is 71.3 Å². The first-order valence-electron chi connectivity index (χ1n) is 10.0. The van der Waals surface area contributed by atoms with Crippen LogP contribution >= 0.6 is 0 Å². The fourth-order valence-electron chi connectivity index (χ4n) is 3.08. The van der Waals surface area contributed by atoms with Crippen molar-refractivity contribution in [2.45, 2.75) is 19.6 Å². The highest BCUT2D eigenvalue weighted by molar-refractivity contribution is 6.01. The van der Waals surface area contributed by atoms with Crippen LogP contribution in [0.1, 0.15) is 29.7 Å². The molecule has 162 valence electrons. The van der Waals surface area contributed by atoms with E-state index in [9.17, 15) is 14.4 Å². The van der Waals surface area contributed by atoms with Crippen molar-refractivity contribution < 1.29 is 18.7 Å². The number of hydrogen-bond acceptors (Lipinski definition) is 4. The maximum Gasteiger partial charge on any atom is 0.262 e. The Morgan fingerprint density at radius 3 is 2.50 bits per heavy atom. The van der Waals surface area contributed by atoms with Gasteiger partial charge in [0.15, 0.2) is 11.5 Å². The molecule has 0 saturated carbocycles. The number of carbonyl (C=O) groups is 1. The molecular weight excluding hydrogens is 407 g/mol. The second kappa shape index (κ2) is 10.8. The number of nitrogens with zero attached hydrogens (tertiary/aromatic N) is 1. The molecule has 1 N–H and O–H groups in total. The van der Waals surface area contributed by atoms with Gasteiger partial charge in [-0.15, -0.1) is 0 Å². The van der Waals surface area contributed by atoms with E-state index in [-0.39, 0.29) is 24.0 Å². The summed E-state index contributed by atoms with van der Waals surface area (Å²) in [5.41, 5.74) is 1.93. The highest BCUT2D eigenvalue weighted by Gasteiger charge is 2.14. The van der Waals surface area contributed by atoms with Gasteiger partial charge in [0.2, 0.25) is 0 Å². The molecule has 0 saturated heterocycles. The van der Waals surface area contributed by atoms with Gasteiger partial charge in [-0.3, -0.25) is 4.79 Å². The molecule has 0 fully saturated rings. The summed E-state index contributed by atoms with van der Waals surface area (Å²) in [6.07, 6.45) is 1.48. The molecule has 0 radical (unpaired) electrons. The van der Waals surface area contributed by atoms with Gasteiger partial charge in [0.05, 0.1) is 13.2 Å². The average Bonchev–Trinajstić information content (AvgIpc) is 2.82. The van der Waals surface area contributed by atoms with Crippen molar-refractivity contribution in [3.8, 4) is 17.6 Å². The molecule has 0 spiro atoms. The quantitative estimate of drug-likeness (QED) is 0.394. The van der Waals surface area contributed by atoms with Crippen molar-refractivity contribution in [2.75, 3.05) is 7.11 Å². The van der Waals surface area contributed by atoms with Gasteiger partial charge < -0.3 is 14.8 Å². The third-order valence-electron chi connectivity index (χ3n) is 4.85.